The molecule has 0 saturated heterocycles. The maximum absolute atomic E-state index is 13.0. The van der Waals surface area contributed by atoms with Gasteiger partial charge in [-0.1, -0.05) is 42.5 Å². The summed E-state index contributed by atoms with van der Waals surface area (Å²) in [5, 5.41) is 4.01. The number of ether oxygens (including phenoxy) is 1. The summed E-state index contributed by atoms with van der Waals surface area (Å²) in [7, 11) is -1.91. The first-order valence-corrected chi connectivity index (χ1v) is 12.0. The standard InChI is InChI=1S/C25H24N2O4S/c1-31-18-13-11-17(12-14-18)21(22-16-26-23-9-5-3-7-19(22)23)15-27-25(28)20-8-4-6-10-24(20)32(2,29)30/h3-14,16,21,26H,15H2,1-2H3,(H,27,28). The van der Waals surface area contributed by atoms with Crippen molar-refractivity contribution in [1.29, 1.82) is 0 Å². The van der Waals surface area contributed by atoms with Crippen LogP contribution < -0.4 is 10.1 Å². The lowest BCUT2D eigenvalue weighted by atomic mass is 9.90. The highest BCUT2D eigenvalue weighted by Crippen LogP contribution is 2.31. The highest BCUT2D eigenvalue weighted by Gasteiger charge is 2.22. The molecule has 1 atom stereocenters. The summed E-state index contributed by atoms with van der Waals surface area (Å²) in [6, 6.07) is 22.0. The third kappa shape index (κ3) is 4.38. The van der Waals surface area contributed by atoms with Crippen molar-refractivity contribution < 1.29 is 17.9 Å². The van der Waals surface area contributed by atoms with E-state index in [4.69, 9.17) is 4.74 Å². The topological polar surface area (TPSA) is 88.3 Å². The number of carbonyl (C=O) groups is 1. The molecule has 1 amide bonds. The van der Waals surface area contributed by atoms with Crippen LogP contribution in [0.25, 0.3) is 10.9 Å². The van der Waals surface area contributed by atoms with Gasteiger partial charge >= 0.3 is 0 Å². The molecule has 0 aliphatic heterocycles. The number of H-pyrrole nitrogens is 1. The predicted molar refractivity (Wildman–Crippen MR) is 125 cm³/mol. The number of hydrogen-bond acceptors (Lipinski definition) is 4. The summed E-state index contributed by atoms with van der Waals surface area (Å²) >= 11 is 0. The number of fused-ring (bicyclic) bond motifs is 1. The number of sulfone groups is 1. The van der Waals surface area contributed by atoms with Crippen LogP contribution in [0.2, 0.25) is 0 Å². The number of carbonyl (C=O) groups excluding carboxylic acids is 1. The van der Waals surface area contributed by atoms with Crippen LogP contribution in [0.1, 0.15) is 27.4 Å². The molecule has 4 rings (SSSR count). The van der Waals surface area contributed by atoms with Crippen molar-refractivity contribution in [3.63, 3.8) is 0 Å². The van der Waals surface area contributed by atoms with Gasteiger partial charge in [0.25, 0.3) is 5.91 Å². The quantitative estimate of drug-likeness (QED) is 0.445. The highest BCUT2D eigenvalue weighted by molar-refractivity contribution is 7.90. The molecule has 4 aromatic rings. The van der Waals surface area contributed by atoms with Gasteiger partial charge in [0.1, 0.15) is 5.75 Å². The normalized spacial score (nSPS) is 12.4. The Labute approximate surface area is 187 Å². The second-order valence-electron chi connectivity index (χ2n) is 7.59. The molecule has 2 N–H and O–H groups in total. The monoisotopic (exact) mass is 448 g/mol. The van der Waals surface area contributed by atoms with Gasteiger partial charge in [0.05, 0.1) is 17.6 Å². The van der Waals surface area contributed by atoms with E-state index in [1.54, 1.807) is 19.2 Å². The number of hydrogen-bond donors (Lipinski definition) is 2. The molecule has 7 heteroatoms. The third-order valence-electron chi connectivity index (χ3n) is 5.51. The van der Waals surface area contributed by atoms with Gasteiger partial charge in [-0.3, -0.25) is 4.79 Å². The SMILES string of the molecule is COc1ccc(C(CNC(=O)c2ccccc2S(C)(=O)=O)c2c[nH]c3ccccc23)cc1. The Balaban J connectivity index is 1.68. The van der Waals surface area contributed by atoms with E-state index in [1.807, 2.05) is 54.7 Å². The summed E-state index contributed by atoms with van der Waals surface area (Å²) in [6.45, 7) is 0.297. The first kappa shape index (κ1) is 21.6. The maximum atomic E-state index is 13.0. The van der Waals surface area contributed by atoms with Gasteiger partial charge in [-0.2, -0.15) is 0 Å². The lowest BCUT2D eigenvalue weighted by Crippen LogP contribution is -2.30. The Kier molecular flexibility index (Phi) is 6.01. The van der Waals surface area contributed by atoms with Crippen LogP contribution in [-0.4, -0.2) is 39.2 Å². The zero-order valence-corrected chi connectivity index (χ0v) is 18.6. The number of nitrogens with one attached hydrogen (secondary N) is 2. The van der Waals surface area contributed by atoms with Crippen molar-refractivity contribution in [2.45, 2.75) is 10.8 Å². The fraction of sp³-hybridized carbons (Fsp3) is 0.160. The van der Waals surface area contributed by atoms with E-state index in [-0.39, 0.29) is 16.4 Å². The molecular formula is C25H24N2O4S. The Bertz CT molecular complexity index is 1360. The smallest absolute Gasteiger partial charge is 0.252 e. The fourth-order valence-electron chi connectivity index (χ4n) is 3.89. The van der Waals surface area contributed by atoms with Gasteiger partial charge in [-0.25, -0.2) is 8.42 Å². The Hall–Kier alpha value is -3.58. The predicted octanol–water partition coefficient (Wildman–Crippen LogP) is 4.14. The third-order valence-corrected chi connectivity index (χ3v) is 6.67. The molecule has 164 valence electrons. The first-order chi connectivity index (χ1) is 15.4. The molecular weight excluding hydrogens is 424 g/mol. The van der Waals surface area contributed by atoms with Gasteiger partial charge in [0.2, 0.25) is 0 Å². The summed E-state index contributed by atoms with van der Waals surface area (Å²) in [5.41, 5.74) is 3.20. The van der Waals surface area contributed by atoms with Crippen molar-refractivity contribution >= 4 is 26.6 Å². The highest BCUT2D eigenvalue weighted by atomic mass is 32.2. The van der Waals surface area contributed by atoms with Crippen molar-refractivity contribution in [1.82, 2.24) is 10.3 Å². The number of rotatable bonds is 7. The lowest BCUT2D eigenvalue weighted by molar-refractivity contribution is 0.0949. The van der Waals surface area contributed by atoms with Gasteiger partial charge in [0.15, 0.2) is 9.84 Å². The largest absolute Gasteiger partial charge is 0.497 e. The maximum Gasteiger partial charge on any atom is 0.252 e. The van der Waals surface area contributed by atoms with Crippen LogP contribution in [-0.2, 0) is 9.84 Å². The number of benzene rings is 3. The summed E-state index contributed by atoms with van der Waals surface area (Å²) in [6.07, 6.45) is 3.06. The van der Waals surface area contributed by atoms with Crippen LogP contribution >= 0.6 is 0 Å². The van der Waals surface area contributed by atoms with E-state index in [1.165, 1.54) is 12.1 Å². The van der Waals surface area contributed by atoms with E-state index in [2.05, 4.69) is 10.3 Å². The van der Waals surface area contributed by atoms with Crippen LogP contribution in [0.4, 0.5) is 0 Å². The second kappa shape index (κ2) is 8.88. The van der Waals surface area contributed by atoms with E-state index in [0.29, 0.717) is 6.54 Å². The second-order valence-corrected chi connectivity index (χ2v) is 9.58. The molecule has 1 aromatic heterocycles. The molecule has 32 heavy (non-hydrogen) atoms. The minimum absolute atomic E-state index is 0.0191. The van der Waals surface area contributed by atoms with Gasteiger partial charge in [-0.05, 0) is 41.5 Å². The number of amides is 1. The molecule has 0 bridgehead atoms. The molecule has 0 aliphatic carbocycles. The summed E-state index contributed by atoms with van der Waals surface area (Å²) in [4.78, 5) is 16.3. The van der Waals surface area contributed by atoms with Crippen LogP contribution in [0.15, 0.2) is 83.9 Å². The number of para-hydroxylation sites is 1. The molecule has 0 aliphatic rings. The van der Waals surface area contributed by atoms with Crippen LogP contribution in [0, 0.1) is 0 Å². The number of aromatic amines is 1. The number of methoxy groups -OCH3 is 1. The molecule has 1 unspecified atom stereocenters. The Morgan fingerprint density at radius 1 is 1.00 bits per heavy atom. The van der Waals surface area contributed by atoms with E-state index < -0.39 is 15.7 Å². The van der Waals surface area contributed by atoms with E-state index in [0.717, 1.165) is 34.0 Å². The first-order valence-electron chi connectivity index (χ1n) is 10.2. The van der Waals surface area contributed by atoms with Crippen molar-refractivity contribution in [3.8, 4) is 5.75 Å². The molecule has 3 aromatic carbocycles. The van der Waals surface area contributed by atoms with Crippen molar-refractivity contribution in [3.05, 3.63) is 95.7 Å². The molecule has 6 nitrogen and oxygen atoms in total. The Morgan fingerprint density at radius 3 is 2.41 bits per heavy atom. The minimum atomic E-state index is -3.53. The van der Waals surface area contributed by atoms with Crippen LogP contribution in [0.5, 0.6) is 5.75 Å². The van der Waals surface area contributed by atoms with Crippen LogP contribution in [0.3, 0.4) is 0 Å². The molecule has 0 spiro atoms. The lowest BCUT2D eigenvalue weighted by Gasteiger charge is -2.19. The average Bonchev–Trinajstić information content (AvgIpc) is 3.23. The van der Waals surface area contributed by atoms with E-state index >= 15 is 0 Å². The van der Waals surface area contributed by atoms with Gasteiger partial charge < -0.3 is 15.0 Å². The van der Waals surface area contributed by atoms with E-state index in [9.17, 15) is 13.2 Å². The molecule has 0 radical (unpaired) electrons. The zero-order valence-electron chi connectivity index (χ0n) is 17.8. The van der Waals surface area contributed by atoms with Crippen molar-refractivity contribution in [2.24, 2.45) is 0 Å². The molecule has 1 heterocycles. The fourth-order valence-corrected chi connectivity index (χ4v) is 4.78. The Morgan fingerprint density at radius 2 is 1.69 bits per heavy atom. The summed E-state index contributed by atoms with van der Waals surface area (Å²) < 4.78 is 29.5. The van der Waals surface area contributed by atoms with Crippen molar-refractivity contribution in [2.75, 3.05) is 19.9 Å². The molecule has 0 saturated carbocycles. The molecule has 0 fully saturated rings. The minimum Gasteiger partial charge on any atom is -0.497 e. The number of aromatic nitrogens is 1. The average molecular weight is 449 g/mol. The zero-order chi connectivity index (χ0) is 22.7. The van der Waals surface area contributed by atoms with Gasteiger partial charge in [0, 0.05) is 35.8 Å². The van der Waals surface area contributed by atoms with Gasteiger partial charge in [-0.15, -0.1) is 0 Å². The summed E-state index contributed by atoms with van der Waals surface area (Å²) in [5.74, 6) is 0.174.